The maximum absolute atomic E-state index is 12.4. The van der Waals surface area contributed by atoms with Gasteiger partial charge in [0, 0.05) is 20.0 Å². The molecule has 4 nitrogen and oxygen atoms in total. The predicted octanol–water partition coefficient (Wildman–Crippen LogP) is 1.94. The van der Waals surface area contributed by atoms with E-state index < -0.39 is 6.04 Å². The number of carbonyl (C=O) groups is 2. The number of hydrogen-bond acceptors (Lipinski definition) is 2. The number of carbonyl (C=O) groups excluding carboxylic acids is 2. The van der Waals surface area contributed by atoms with E-state index in [1.807, 2.05) is 25.8 Å². The summed E-state index contributed by atoms with van der Waals surface area (Å²) in [4.78, 5) is 25.5. The lowest BCUT2D eigenvalue weighted by molar-refractivity contribution is -0.138. The number of nitrogens with one attached hydrogen (secondary N) is 1. The number of amides is 2. The molecule has 1 N–H and O–H groups in total. The molecule has 0 heterocycles. The largest absolute Gasteiger partial charge is 0.344 e. The van der Waals surface area contributed by atoms with E-state index in [1.165, 1.54) is 26.2 Å². The molecule has 0 radical (unpaired) electrons. The van der Waals surface area contributed by atoms with Crippen LogP contribution in [-0.4, -0.2) is 35.8 Å². The Hall–Kier alpha value is -1.06. The Morgan fingerprint density at radius 3 is 2.17 bits per heavy atom. The summed E-state index contributed by atoms with van der Waals surface area (Å²) in [6, 6.07) is -0.0457. The monoisotopic (exact) mass is 254 g/mol. The minimum Gasteiger partial charge on any atom is -0.344 e. The van der Waals surface area contributed by atoms with Gasteiger partial charge >= 0.3 is 0 Å². The highest BCUT2D eigenvalue weighted by atomic mass is 16.2. The van der Waals surface area contributed by atoms with Gasteiger partial charge in [0.25, 0.3) is 0 Å². The minimum absolute atomic E-state index is 0.0482. The van der Waals surface area contributed by atoms with Crippen LogP contribution in [0.4, 0.5) is 0 Å². The first kappa shape index (κ1) is 15.0. The number of likely N-dealkylation sites (N-methyl/N-ethyl adjacent to an activating group) is 1. The summed E-state index contributed by atoms with van der Waals surface area (Å²) in [6.07, 6.45) is 5.86. The van der Waals surface area contributed by atoms with Gasteiger partial charge in [-0.2, -0.15) is 0 Å². The molecule has 1 atom stereocenters. The summed E-state index contributed by atoms with van der Waals surface area (Å²) in [7, 11) is 1.87. The molecule has 1 rings (SSSR count). The molecule has 104 valence electrons. The van der Waals surface area contributed by atoms with Crippen molar-refractivity contribution >= 4 is 11.8 Å². The zero-order valence-corrected chi connectivity index (χ0v) is 12.0. The van der Waals surface area contributed by atoms with E-state index in [2.05, 4.69) is 5.32 Å². The van der Waals surface area contributed by atoms with Crippen LogP contribution in [0.5, 0.6) is 0 Å². The van der Waals surface area contributed by atoms with Crippen molar-refractivity contribution in [3.63, 3.8) is 0 Å². The lowest BCUT2D eigenvalue weighted by atomic mass is 9.93. The first-order chi connectivity index (χ1) is 8.43. The van der Waals surface area contributed by atoms with Gasteiger partial charge in [-0.1, -0.05) is 33.1 Å². The van der Waals surface area contributed by atoms with Gasteiger partial charge in [0.05, 0.1) is 0 Å². The Kier molecular flexibility index (Phi) is 5.63. The van der Waals surface area contributed by atoms with Crippen LogP contribution in [0, 0.1) is 5.92 Å². The fourth-order valence-corrected chi connectivity index (χ4v) is 2.60. The lowest BCUT2D eigenvalue weighted by Gasteiger charge is -2.34. The normalized spacial score (nSPS) is 18.5. The molecule has 0 aromatic carbocycles. The lowest BCUT2D eigenvalue weighted by Crippen LogP contribution is -2.52. The molecule has 0 unspecified atom stereocenters. The van der Waals surface area contributed by atoms with Crippen molar-refractivity contribution in [1.29, 1.82) is 0 Å². The van der Waals surface area contributed by atoms with Gasteiger partial charge < -0.3 is 10.2 Å². The third-order valence-corrected chi connectivity index (χ3v) is 3.76. The van der Waals surface area contributed by atoms with E-state index in [0.29, 0.717) is 6.04 Å². The standard InChI is InChI=1S/C14H26N2O2/c1-10(2)13(15-11(3)17)14(18)16(4)12-8-6-5-7-9-12/h10,12-13H,5-9H2,1-4H3,(H,15,17)/t13-/m1/s1. The zero-order chi connectivity index (χ0) is 13.7. The van der Waals surface area contributed by atoms with Gasteiger partial charge in [0.1, 0.15) is 6.04 Å². The summed E-state index contributed by atoms with van der Waals surface area (Å²) < 4.78 is 0. The smallest absolute Gasteiger partial charge is 0.245 e. The molecule has 0 aliphatic heterocycles. The molecular weight excluding hydrogens is 228 g/mol. The molecule has 1 fully saturated rings. The van der Waals surface area contributed by atoms with Gasteiger partial charge in [-0.25, -0.2) is 0 Å². The summed E-state index contributed by atoms with van der Waals surface area (Å²) in [6.45, 7) is 5.39. The Labute approximate surface area is 110 Å². The Bertz CT molecular complexity index is 296. The topological polar surface area (TPSA) is 49.4 Å². The number of rotatable bonds is 4. The van der Waals surface area contributed by atoms with Crippen molar-refractivity contribution in [2.24, 2.45) is 5.92 Å². The van der Waals surface area contributed by atoms with Crippen LogP contribution in [0.15, 0.2) is 0 Å². The van der Waals surface area contributed by atoms with Crippen molar-refractivity contribution < 1.29 is 9.59 Å². The van der Waals surface area contributed by atoms with E-state index in [0.717, 1.165) is 12.8 Å². The van der Waals surface area contributed by atoms with E-state index >= 15 is 0 Å². The second-order valence-corrected chi connectivity index (χ2v) is 5.66. The zero-order valence-electron chi connectivity index (χ0n) is 12.0. The van der Waals surface area contributed by atoms with E-state index in [1.54, 1.807) is 0 Å². The second-order valence-electron chi connectivity index (χ2n) is 5.66. The highest BCUT2D eigenvalue weighted by molar-refractivity contribution is 5.87. The minimum atomic E-state index is -0.394. The van der Waals surface area contributed by atoms with Crippen LogP contribution >= 0.6 is 0 Å². The molecule has 0 aromatic heterocycles. The van der Waals surface area contributed by atoms with Crippen molar-refractivity contribution in [2.45, 2.75) is 65.0 Å². The maximum Gasteiger partial charge on any atom is 0.245 e. The summed E-state index contributed by atoms with van der Waals surface area (Å²) in [5.41, 5.74) is 0. The molecule has 18 heavy (non-hydrogen) atoms. The third-order valence-electron chi connectivity index (χ3n) is 3.76. The molecule has 0 spiro atoms. The quantitative estimate of drug-likeness (QED) is 0.833. The fourth-order valence-electron chi connectivity index (χ4n) is 2.60. The van der Waals surface area contributed by atoms with Crippen LogP contribution in [0.25, 0.3) is 0 Å². The first-order valence-corrected chi connectivity index (χ1v) is 6.97. The molecule has 1 saturated carbocycles. The Balaban J connectivity index is 2.65. The van der Waals surface area contributed by atoms with E-state index in [4.69, 9.17) is 0 Å². The molecule has 4 heteroatoms. The molecule has 1 aliphatic rings. The molecule has 0 bridgehead atoms. The van der Waals surface area contributed by atoms with Crippen molar-refractivity contribution in [2.75, 3.05) is 7.05 Å². The summed E-state index contributed by atoms with van der Waals surface area (Å²) in [5, 5.41) is 2.77. The Morgan fingerprint density at radius 2 is 1.72 bits per heavy atom. The average Bonchev–Trinajstić information content (AvgIpc) is 2.34. The van der Waals surface area contributed by atoms with E-state index in [9.17, 15) is 9.59 Å². The van der Waals surface area contributed by atoms with Crippen molar-refractivity contribution in [3.8, 4) is 0 Å². The summed E-state index contributed by atoms with van der Waals surface area (Å²) in [5.74, 6) is 0.0265. The molecule has 1 aliphatic carbocycles. The van der Waals surface area contributed by atoms with Crippen LogP contribution in [0.1, 0.15) is 52.9 Å². The van der Waals surface area contributed by atoms with Gasteiger partial charge in [-0.05, 0) is 18.8 Å². The van der Waals surface area contributed by atoms with Gasteiger partial charge in [0.2, 0.25) is 11.8 Å². The fraction of sp³-hybridized carbons (Fsp3) is 0.857. The first-order valence-electron chi connectivity index (χ1n) is 6.97. The van der Waals surface area contributed by atoms with Gasteiger partial charge in [-0.3, -0.25) is 9.59 Å². The number of hydrogen-bond donors (Lipinski definition) is 1. The Morgan fingerprint density at radius 1 is 1.17 bits per heavy atom. The maximum atomic E-state index is 12.4. The van der Waals surface area contributed by atoms with Crippen LogP contribution in [-0.2, 0) is 9.59 Å². The average molecular weight is 254 g/mol. The molecule has 2 amide bonds. The molecular formula is C14H26N2O2. The van der Waals surface area contributed by atoms with Crippen LogP contribution in [0.2, 0.25) is 0 Å². The second kappa shape index (κ2) is 6.76. The van der Waals surface area contributed by atoms with Crippen molar-refractivity contribution in [1.82, 2.24) is 10.2 Å². The van der Waals surface area contributed by atoms with Crippen molar-refractivity contribution in [3.05, 3.63) is 0 Å². The summed E-state index contributed by atoms with van der Waals surface area (Å²) >= 11 is 0. The van der Waals surface area contributed by atoms with Gasteiger partial charge in [0.15, 0.2) is 0 Å². The molecule has 0 aromatic rings. The number of nitrogens with zero attached hydrogens (tertiary/aromatic N) is 1. The van der Waals surface area contributed by atoms with Crippen LogP contribution in [0.3, 0.4) is 0 Å². The van der Waals surface area contributed by atoms with Crippen LogP contribution < -0.4 is 5.32 Å². The molecule has 0 saturated heterocycles. The highest BCUT2D eigenvalue weighted by Crippen LogP contribution is 2.22. The van der Waals surface area contributed by atoms with E-state index in [-0.39, 0.29) is 17.7 Å². The SMILES string of the molecule is CC(=O)N[C@@H](C(=O)N(C)C1CCCCC1)C(C)C. The third kappa shape index (κ3) is 4.00. The predicted molar refractivity (Wildman–Crippen MR) is 72.1 cm³/mol. The van der Waals surface area contributed by atoms with Gasteiger partial charge in [-0.15, -0.1) is 0 Å². The highest BCUT2D eigenvalue weighted by Gasteiger charge is 2.30.